The first-order valence-electron chi connectivity index (χ1n) is 10.6. The number of hydrogen-bond donors (Lipinski definition) is 2. The van der Waals surface area contributed by atoms with Gasteiger partial charge in [-0.1, -0.05) is 26.0 Å². The molecule has 0 radical (unpaired) electrons. The van der Waals surface area contributed by atoms with Crippen LogP contribution in [0.2, 0.25) is 0 Å². The van der Waals surface area contributed by atoms with Crippen LogP contribution in [0.4, 0.5) is 14.5 Å². The number of nitrogens with zero attached hydrogens (tertiary/aromatic N) is 3. The predicted molar refractivity (Wildman–Crippen MR) is 115 cm³/mol. The van der Waals surface area contributed by atoms with Gasteiger partial charge < -0.3 is 25.2 Å². The van der Waals surface area contributed by atoms with E-state index in [1.807, 2.05) is 12.1 Å². The maximum Gasteiger partial charge on any atom is 0.387 e. The molecule has 1 aromatic carbocycles. The number of alkyl halides is 2. The van der Waals surface area contributed by atoms with Crippen molar-refractivity contribution in [2.24, 2.45) is 4.99 Å². The topological polar surface area (TPSA) is 52.1 Å². The van der Waals surface area contributed by atoms with Gasteiger partial charge in [-0.15, -0.1) is 0 Å². The summed E-state index contributed by atoms with van der Waals surface area (Å²) in [5, 5.41) is 6.82. The molecule has 6 nitrogen and oxygen atoms in total. The Morgan fingerprint density at radius 3 is 2.72 bits per heavy atom. The Morgan fingerprint density at radius 2 is 2.03 bits per heavy atom. The SMILES string of the molecule is CCN(CC)CCCCNC(=NC)NC1CCN(c2ccccc2OC(F)F)C1. The summed E-state index contributed by atoms with van der Waals surface area (Å²) in [7, 11) is 1.77. The molecule has 0 spiro atoms. The van der Waals surface area contributed by atoms with E-state index in [0.29, 0.717) is 12.2 Å². The lowest BCUT2D eigenvalue weighted by molar-refractivity contribution is -0.0495. The number of guanidine groups is 1. The molecule has 0 bridgehead atoms. The number of para-hydroxylation sites is 2. The second-order valence-electron chi connectivity index (χ2n) is 7.16. The van der Waals surface area contributed by atoms with E-state index in [1.54, 1.807) is 19.2 Å². The first-order chi connectivity index (χ1) is 14.1. The lowest BCUT2D eigenvalue weighted by Crippen LogP contribution is -2.45. The van der Waals surface area contributed by atoms with Gasteiger partial charge in [0.05, 0.1) is 5.69 Å². The fraction of sp³-hybridized carbons (Fsp3) is 0.667. The van der Waals surface area contributed by atoms with Crippen LogP contribution < -0.4 is 20.3 Å². The molecule has 0 amide bonds. The van der Waals surface area contributed by atoms with E-state index in [1.165, 1.54) is 0 Å². The van der Waals surface area contributed by atoms with E-state index in [4.69, 9.17) is 0 Å². The second kappa shape index (κ2) is 12.5. The highest BCUT2D eigenvalue weighted by Gasteiger charge is 2.25. The molecule has 1 aliphatic rings. The van der Waals surface area contributed by atoms with Crippen LogP contribution in [0.1, 0.15) is 33.1 Å². The van der Waals surface area contributed by atoms with Crippen LogP contribution in [-0.4, -0.2) is 69.8 Å². The monoisotopic (exact) mass is 411 g/mol. The van der Waals surface area contributed by atoms with Crippen LogP contribution in [0, 0.1) is 0 Å². The largest absolute Gasteiger partial charge is 0.433 e. The summed E-state index contributed by atoms with van der Waals surface area (Å²) in [6.07, 6.45) is 3.15. The number of hydrogen-bond acceptors (Lipinski definition) is 4. The van der Waals surface area contributed by atoms with E-state index in [-0.39, 0.29) is 11.8 Å². The number of ether oxygens (including phenoxy) is 1. The molecule has 0 saturated carbocycles. The highest BCUT2D eigenvalue weighted by atomic mass is 19.3. The van der Waals surface area contributed by atoms with Crippen molar-refractivity contribution in [1.29, 1.82) is 0 Å². The number of unbranched alkanes of at least 4 members (excludes halogenated alkanes) is 1. The minimum absolute atomic E-state index is 0.205. The van der Waals surface area contributed by atoms with Gasteiger partial charge in [-0.25, -0.2) is 0 Å². The Balaban J connectivity index is 1.77. The van der Waals surface area contributed by atoms with Crippen molar-refractivity contribution in [3.05, 3.63) is 24.3 Å². The molecule has 1 saturated heterocycles. The van der Waals surface area contributed by atoms with E-state index >= 15 is 0 Å². The standard InChI is InChI=1S/C21H35F2N5O/c1-4-27(5-2)14-9-8-13-25-21(24-3)26-17-12-15-28(16-17)18-10-6-7-11-19(18)29-20(22)23/h6-7,10-11,17,20H,4-5,8-9,12-16H2,1-3H3,(H2,24,25,26). The van der Waals surface area contributed by atoms with Gasteiger partial charge in [0.15, 0.2) is 5.96 Å². The molecular weight excluding hydrogens is 376 g/mol. The molecule has 1 aliphatic heterocycles. The Kier molecular flexibility index (Phi) is 9.97. The Hall–Kier alpha value is -2.09. The summed E-state index contributed by atoms with van der Waals surface area (Å²) in [6, 6.07) is 7.16. The van der Waals surface area contributed by atoms with E-state index in [2.05, 4.69) is 44.0 Å². The first kappa shape index (κ1) is 23.2. The van der Waals surface area contributed by atoms with Gasteiger partial charge in [0.2, 0.25) is 0 Å². The van der Waals surface area contributed by atoms with Crippen molar-refractivity contribution < 1.29 is 13.5 Å². The summed E-state index contributed by atoms with van der Waals surface area (Å²) in [5.74, 6) is 1.01. The number of rotatable bonds is 11. The van der Waals surface area contributed by atoms with Gasteiger partial charge in [-0.2, -0.15) is 8.78 Å². The number of nitrogens with one attached hydrogen (secondary N) is 2. The van der Waals surface area contributed by atoms with E-state index in [9.17, 15) is 8.78 Å². The van der Waals surface area contributed by atoms with Crippen LogP contribution in [0.5, 0.6) is 5.75 Å². The third-order valence-corrected chi connectivity index (χ3v) is 5.26. The van der Waals surface area contributed by atoms with Crippen molar-refractivity contribution in [1.82, 2.24) is 15.5 Å². The van der Waals surface area contributed by atoms with E-state index in [0.717, 1.165) is 57.9 Å². The van der Waals surface area contributed by atoms with Crippen molar-refractivity contribution in [3.8, 4) is 5.75 Å². The summed E-state index contributed by atoms with van der Waals surface area (Å²) in [6.45, 7) is 7.24. The molecule has 1 aromatic rings. The van der Waals surface area contributed by atoms with Gasteiger partial charge in [-0.05, 0) is 51.0 Å². The van der Waals surface area contributed by atoms with Crippen molar-refractivity contribution >= 4 is 11.6 Å². The third kappa shape index (κ3) is 7.68. The van der Waals surface area contributed by atoms with Crippen molar-refractivity contribution in [2.45, 2.75) is 45.8 Å². The average molecular weight is 412 g/mol. The third-order valence-electron chi connectivity index (χ3n) is 5.26. The fourth-order valence-electron chi connectivity index (χ4n) is 3.61. The van der Waals surface area contributed by atoms with Gasteiger partial charge in [0, 0.05) is 32.7 Å². The molecule has 2 N–H and O–H groups in total. The first-order valence-corrected chi connectivity index (χ1v) is 10.6. The number of benzene rings is 1. The highest BCUT2D eigenvalue weighted by molar-refractivity contribution is 5.80. The molecule has 29 heavy (non-hydrogen) atoms. The molecule has 8 heteroatoms. The fourth-order valence-corrected chi connectivity index (χ4v) is 3.61. The molecule has 1 unspecified atom stereocenters. The number of halogens is 2. The molecular formula is C21H35F2N5O. The summed E-state index contributed by atoms with van der Waals surface area (Å²) < 4.78 is 30.0. The zero-order chi connectivity index (χ0) is 21.1. The highest BCUT2D eigenvalue weighted by Crippen LogP contribution is 2.31. The lowest BCUT2D eigenvalue weighted by atomic mass is 10.2. The smallest absolute Gasteiger partial charge is 0.387 e. The molecule has 0 aromatic heterocycles. The maximum atomic E-state index is 12.7. The Morgan fingerprint density at radius 1 is 1.28 bits per heavy atom. The predicted octanol–water partition coefficient (Wildman–Crippen LogP) is 3.15. The van der Waals surface area contributed by atoms with Crippen LogP contribution in [0.15, 0.2) is 29.3 Å². The van der Waals surface area contributed by atoms with Crippen molar-refractivity contribution in [3.63, 3.8) is 0 Å². The van der Waals surface area contributed by atoms with Crippen LogP contribution in [-0.2, 0) is 0 Å². The van der Waals surface area contributed by atoms with Gasteiger partial charge >= 0.3 is 6.61 Å². The van der Waals surface area contributed by atoms with Gasteiger partial charge in [0.25, 0.3) is 0 Å². The molecule has 1 heterocycles. The van der Waals surface area contributed by atoms with Crippen LogP contribution in [0.3, 0.4) is 0 Å². The average Bonchev–Trinajstić information content (AvgIpc) is 3.18. The molecule has 1 atom stereocenters. The molecule has 2 rings (SSSR count). The van der Waals surface area contributed by atoms with Crippen LogP contribution >= 0.6 is 0 Å². The zero-order valence-corrected chi connectivity index (χ0v) is 17.8. The number of aliphatic imine (C=N–C) groups is 1. The van der Waals surface area contributed by atoms with Gasteiger partial charge in [0.1, 0.15) is 5.75 Å². The quantitative estimate of drug-likeness (QED) is 0.333. The Labute approximate surface area is 173 Å². The normalized spacial score (nSPS) is 17.3. The summed E-state index contributed by atoms with van der Waals surface area (Å²) >= 11 is 0. The van der Waals surface area contributed by atoms with Crippen LogP contribution in [0.25, 0.3) is 0 Å². The number of anilines is 1. The maximum absolute atomic E-state index is 12.7. The minimum atomic E-state index is -2.82. The summed E-state index contributed by atoms with van der Waals surface area (Å²) in [4.78, 5) is 8.82. The summed E-state index contributed by atoms with van der Waals surface area (Å²) in [5.41, 5.74) is 0.705. The minimum Gasteiger partial charge on any atom is -0.433 e. The van der Waals surface area contributed by atoms with E-state index < -0.39 is 6.61 Å². The molecule has 164 valence electrons. The molecule has 1 fully saturated rings. The zero-order valence-electron chi connectivity index (χ0n) is 17.8. The lowest BCUT2D eigenvalue weighted by Gasteiger charge is -2.22. The molecule has 0 aliphatic carbocycles. The Bertz CT molecular complexity index is 625. The van der Waals surface area contributed by atoms with Gasteiger partial charge in [-0.3, -0.25) is 4.99 Å². The second-order valence-corrected chi connectivity index (χ2v) is 7.16. The van der Waals surface area contributed by atoms with Crippen molar-refractivity contribution in [2.75, 3.05) is 51.2 Å².